The number of nitriles is 1. The van der Waals surface area contributed by atoms with Gasteiger partial charge in [-0.05, 0) is 51.0 Å². The molecule has 0 spiro atoms. The highest BCUT2D eigenvalue weighted by molar-refractivity contribution is 5.96. The van der Waals surface area contributed by atoms with E-state index in [0.29, 0.717) is 35.7 Å². The van der Waals surface area contributed by atoms with Crippen molar-refractivity contribution in [1.82, 2.24) is 4.98 Å². The summed E-state index contributed by atoms with van der Waals surface area (Å²) in [7, 11) is 1.60. The highest BCUT2D eigenvalue weighted by Gasteiger charge is 2.23. The smallest absolute Gasteiger partial charge is 0.227 e. The van der Waals surface area contributed by atoms with Gasteiger partial charge in [-0.1, -0.05) is 0 Å². The molecule has 0 aliphatic carbocycles. The van der Waals surface area contributed by atoms with Crippen molar-refractivity contribution in [2.24, 2.45) is 0 Å². The molecule has 0 bridgehead atoms. The highest BCUT2D eigenvalue weighted by Crippen LogP contribution is 2.35. The summed E-state index contributed by atoms with van der Waals surface area (Å²) in [6.07, 6.45) is 2.46. The van der Waals surface area contributed by atoms with E-state index in [1.807, 2.05) is 38.1 Å². The fraction of sp³-hybridized carbons (Fsp3) is 0.350. The Morgan fingerprint density at radius 2 is 2.08 bits per heavy atom. The first-order chi connectivity index (χ1) is 12.5. The second-order valence-electron chi connectivity index (χ2n) is 6.40. The van der Waals surface area contributed by atoms with E-state index in [0.717, 1.165) is 29.9 Å². The number of rotatable bonds is 4. The summed E-state index contributed by atoms with van der Waals surface area (Å²) < 4.78 is 5.45. The summed E-state index contributed by atoms with van der Waals surface area (Å²) in [5, 5.41) is 12.7. The molecule has 1 aliphatic rings. The summed E-state index contributed by atoms with van der Waals surface area (Å²) in [6, 6.07) is 9.67. The Hall–Kier alpha value is -3.07. The molecular weight excluding hydrogens is 328 g/mol. The molecule has 0 radical (unpaired) electrons. The van der Waals surface area contributed by atoms with E-state index in [2.05, 4.69) is 16.4 Å². The molecule has 0 atom stereocenters. The number of carbonyl (C=O) groups is 1. The molecular formula is C20H22N4O2. The molecule has 6 heteroatoms. The van der Waals surface area contributed by atoms with Crippen LogP contribution in [0, 0.1) is 25.2 Å². The van der Waals surface area contributed by atoms with Gasteiger partial charge in [0.1, 0.15) is 11.8 Å². The van der Waals surface area contributed by atoms with E-state index < -0.39 is 0 Å². The fourth-order valence-corrected chi connectivity index (χ4v) is 3.26. The van der Waals surface area contributed by atoms with Crippen LogP contribution < -0.4 is 15.0 Å². The first-order valence-corrected chi connectivity index (χ1v) is 8.67. The third-order valence-electron chi connectivity index (χ3n) is 4.51. The molecule has 1 N–H and O–H groups in total. The standard InChI is InChI=1S/C20H22N4O2/c1-13-10-17(16(12-21)14(2)22-13)23-15-7-8-19(26-3)18(11-15)24-9-5-4-6-20(24)25/h7-8,10-11H,4-6,9H2,1-3H3,(H,22,23). The van der Waals surface area contributed by atoms with Crippen molar-refractivity contribution in [3.8, 4) is 11.8 Å². The second-order valence-corrected chi connectivity index (χ2v) is 6.40. The lowest BCUT2D eigenvalue weighted by Gasteiger charge is -2.28. The number of aromatic nitrogens is 1. The van der Waals surface area contributed by atoms with E-state index in [9.17, 15) is 10.1 Å². The zero-order chi connectivity index (χ0) is 18.7. The first-order valence-electron chi connectivity index (χ1n) is 8.67. The number of carbonyl (C=O) groups excluding carboxylic acids is 1. The minimum atomic E-state index is 0.111. The number of pyridine rings is 1. The normalized spacial score (nSPS) is 14.1. The van der Waals surface area contributed by atoms with E-state index in [4.69, 9.17) is 4.74 Å². The first kappa shape index (κ1) is 17.7. The molecule has 2 aromatic rings. The van der Waals surface area contributed by atoms with Crippen LogP contribution in [0.15, 0.2) is 24.3 Å². The lowest BCUT2D eigenvalue weighted by Crippen LogP contribution is -2.35. The van der Waals surface area contributed by atoms with Crippen LogP contribution in [0.5, 0.6) is 5.75 Å². The van der Waals surface area contributed by atoms with Gasteiger partial charge in [-0.15, -0.1) is 0 Å². The molecule has 1 aromatic carbocycles. The number of benzene rings is 1. The van der Waals surface area contributed by atoms with Gasteiger partial charge in [-0.2, -0.15) is 5.26 Å². The van der Waals surface area contributed by atoms with Crippen LogP contribution in [-0.2, 0) is 4.79 Å². The van der Waals surface area contributed by atoms with E-state index in [1.54, 1.807) is 12.0 Å². The zero-order valence-corrected chi connectivity index (χ0v) is 15.3. The number of aryl methyl sites for hydroxylation is 2. The van der Waals surface area contributed by atoms with Crippen LogP contribution in [0.3, 0.4) is 0 Å². The molecule has 1 aromatic heterocycles. The number of methoxy groups -OCH3 is 1. The van der Waals surface area contributed by atoms with Crippen molar-refractivity contribution in [3.63, 3.8) is 0 Å². The van der Waals surface area contributed by atoms with Crippen molar-refractivity contribution >= 4 is 23.0 Å². The molecule has 26 heavy (non-hydrogen) atoms. The fourth-order valence-electron chi connectivity index (χ4n) is 3.26. The Kier molecular flexibility index (Phi) is 5.08. The van der Waals surface area contributed by atoms with Crippen molar-refractivity contribution in [2.45, 2.75) is 33.1 Å². The average molecular weight is 350 g/mol. The topological polar surface area (TPSA) is 78.2 Å². The number of amides is 1. The molecule has 6 nitrogen and oxygen atoms in total. The van der Waals surface area contributed by atoms with Crippen LogP contribution in [0.4, 0.5) is 17.1 Å². The predicted octanol–water partition coefficient (Wildman–Crippen LogP) is 3.84. The van der Waals surface area contributed by atoms with Gasteiger partial charge in [0.2, 0.25) is 5.91 Å². The summed E-state index contributed by atoms with van der Waals surface area (Å²) >= 11 is 0. The van der Waals surface area contributed by atoms with Crippen LogP contribution >= 0.6 is 0 Å². The highest BCUT2D eigenvalue weighted by atomic mass is 16.5. The summed E-state index contributed by atoms with van der Waals surface area (Å²) in [5.74, 6) is 0.772. The molecule has 1 saturated heterocycles. The Bertz CT molecular complexity index is 886. The molecule has 0 unspecified atom stereocenters. The van der Waals surface area contributed by atoms with Crippen LogP contribution in [0.2, 0.25) is 0 Å². The zero-order valence-electron chi connectivity index (χ0n) is 15.3. The van der Waals surface area contributed by atoms with E-state index >= 15 is 0 Å². The molecule has 0 saturated carbocycles. The van der Waals surface area contributed by atoms with Gasteiger partial charge in [0.25, 0.3) is 0 Å². The molecule has 3 rings (SSSR count). The van der Waals surface area contributed by atoms with Gasteiger partial charge in [-0.3, -0.25) is 9.78 Å². The van der Waals surface area contributed by atoms with Crippen LogP contribution in [0.1, 0.15) is 36.2 Å². The third kappa shape index (κ3) is 3.47. The summed E-state index contributed by atoms with van der Waals surface area (Å²) in [4.78, 5) is 18.4. The Balaban J connectivity index is 1.99. The number of nitrogens with one attached hydrogen (secondary N) is 1. The number of ether oxygens (including phenoxy) is 1. The molecule has 1 aliphatic heterocycles. The predicted molar refractivity (Wildman–Crippen MR) is 101 cm³/mol. The van der Waals surface area contributed by atoms with Gasteiger partial charge in [-0.25, -0.2) is 0 Å². The Morgan fingerprint density at radius 1 is 1.27 bits per heavy atom. The van der Waals surface area contributed by atoms with Gasteiger partial charge < -0.3 is 15.0 Å². The van der Waals surface area contributed by atoms with E-state index in [1.165, 1.54) is 0 Å². The van der Waals surface area contributed by atoms with Gasteiger partial charge >= 0.3 is 0 Å². The average Bonchev–Trinajstić information content (AvgIpc) is 2.62. The van der Waals surface area contributed by atoms with Crippen LogP contribution in [-0.4, -0.2) is 24.5 Å². The maximum absolute atomic E-state index is 12.3. The lowest BCUT2D eigenvalue weighted by atomic mass is 10.1. The van der Waals surface area contributed by atoms with Gasteiger partial charge in [0, 0.05) is 24.3 Å². The molecule has 134 valence electrons. The second kappa shape index (κ2) is 7.44. The summed E-state index contributed by atoms with van der Waals surface area (Å²) in [5.41, 5.74) is 4.29. The van der Waals surface area contributed by atoms with Gasteiger partial charge in [0.15, 0.2) is 0 Å². The Morgan fingerprint density at radius 3 is 2.77 bits per heavy atom. The molecule has 1 amide bonds. The van der Waals surface area contributed by atoms with Crippen LogP contribution in [0.25, 0.3) is 0 Å². The summed E-state index contributed by atoms with van der Waals surface area (Å²) in [6.45, 7) is 4.41. The SMILES string of the molecule is COc1ccc(Nc2cc(C)nc(C)c2C#N)cc1N1CCCCC1=O. The van der Waals surface area contributed by atoms with Crippen molar-refractivity contribution in [2.75, 3.05) is 23.9 Å². The largest absolute Gasteiger partial charge is 0.495 e. The lowest BCUT2D eigenvalue weighted by molar-refractivity contribution is -0.119. The third-order valence-corrected chi connectivity index (χ3v) is 4.51. The van der Waals surface area contributed by atoms with Crippen molar-refractivity contribution < 1.29 is 9.53 Å². The molecule has 2 heterocycles. The van der Waals surface area contributed by atoms with Crippen molar-refractivity contribution in [1.29, 1.82) is 5.26 Å². The number of anilines is 3. The number of nitrogens with zero attached hydrogens (tertiary/aromatic N) is 3. The quantitative estimate of drug-likeness (QED) is 0.906. The Labute approximate surface area is 153 Å². The minimum absolute atomic E-state index is 0.111. The monoisotopic (exact) mass is 350 g/mol. The number of hydrogen-bond donors (Lipinski definition) is 1. The molecule has 1 fully saturated rings. The number of piperidine rings is 1. The van der Waals surface area contributed by atoms with Gasteiger partial charge in [0.05, 0.1) is 29.7 Å². The maximum Gasteiger partial charge on any atom is 0.227 e. The maximum atomic E-state index is 12.3. The van der Waals surface area contributed by atoms with E-state index in [-0.39, 0.29) is 5.91 Å². The van der Waals surface area contributed by atoms with Crippen molar-refractivity contribution in [3.05, 3.63) is 41.2 Å². The minimum Gasteiger partial charge on any atom is -0.495 e. The number of hydrogen-bond acceptors (Lipinski definition) is 5.